The fourth-order valence-corrected chi connectivity index (χ4v) is 1.96. The van der Waals surface area contributed by atoms with E-state index in [9.17, 15) is 9.18 Å². The van der Waals surface area contributed by atoms with Crippen LogP contribution in [0, 0.1) is 5.82 Å². The number of carbonyl (C=O) groups is 1. The number of nitrogens with two attached hydrogens (primary N) is 1. The lowest BCUT2D eigenvalue weighted by atomic mass is 10.1. The molecule has 0 fully saturated rings. The van der Waals surface area contributed by atoms with Gasteiger partial charge < -0.3 is 16.3 Å². The zero-order chi connectivity index (χ0) is 15.4. The highest BCUT2D eigenvalue weighted by Gasteiger charge is 2.11. The number of benzene rings is 1. The van der Waals surface area contributed by atoms with Crippen LogP contribution in [-0.4, -0.2) is 21.9 Å². The average molecular weight is 353 g/mol. The maximum Gasteiger partial charge on any atom is 0.257 e. The molecular weight excluding hydrogens is 343 g/mol. The van der Waals surface area contributed by atoms with E-state index in [0.717, 1.165) is 6.07 Å². The number of halogens is 2. The lowest BCUT2D eigenvalue weighted by molar-refractivity contribution is 0.102. The van der Waals surface area contributed by atoms with Crippen LogP contribution in [0.15, 0.2) is 46.3 Å². The first-order valence-corrected chi connectivity index (χ1v) is 6.50. The average Bonchev–Trinajstić information content (AvgIpc) is 2.48. The van der Waals surface area contributed by atoms with Gasteiger partial charge in [0.1, 0.15) is 5.82 Å². The smallest absolute Gasteiger partial charge is 0.257 e. The van der Waals surface area contributed by atoms with E-state index in [4.69, 9.17) is 10.9 Å². The molecule has 108 valence electrons. The minimum atomic E-state index is -0.660. The molecule has 6 nitrogen and oxygen atoms in total. The van der Waals surface area contributed by atoms with Crippen molar-refractivity contribution in [2.45, 2.75) is 0 Å². The molecule has 0 spiro atoms. The Balaban J connectivity index is 2.26. The summed E-state index contributed by atoms with van der Waals surface area (Å²) in [4.78, 5) is 15.9. The topological polar surface area (TPSA) is 101 Å². The Bertz CT molecular complexity index is 721. The zero-order valence-corrected chi connectivity index (χ0v) is 12.1. The number of carbonyl (C=O) groups excluding carboxylic acids is 1. The number of hydrogen-bond acceptors (Lipinski definition) is 4. The van der Waals surface area contributed by atoms with E-state index < -0.39 is 11.7 Å². The molecule has 1 aromatic heterocycles. The van der Waals surface area contributed by atoms with Crippen LogP contribution in [0.25, 0.3) is 0 Å². The highest BCUT2D eigenvalue weighted by molar-refractivity contribution is 9.10. The Hall–Kier alpha value is -2.48. The first-order valence-electron chi connectivity index (χ1n) is 5.70. The first-order chi connectivity index (χ1) is 10.0. The van der Waals surface area contributed by atoms with Crippen molar-refractivity contribution in [3.05, 3.63) is 58.1 Å². The summed E-state index contributed by atoms with van der Waals surface area (Å²) in [5.74, 6) is -1.46. The molecule has 0 saturated heterocycles. The van der Waals surface area contributed by atoms with E-state index in [1.165, 1.54) is 18.3 Å². The lowest BCUT2D eigenvalue weighted by Gasteiger charge is -2.08. The van der Waals surface area contributed by atoms with E-state index in [1.54, 1.807) is 12.3 Å². The second-order valence-electron chi connectivity index (χ2n) is 4.03. The third kappa shape index (κ3) is 3.54. The second-order valence-corrected chi connectivity index (χ2v) is 4.94. The van der Waals surface area contributed by atoms with Crippen molar-refractivity contribution in [2.75, 3.05) is 5.32 Å². The third-order valence-corrected chi connectivity index (χ3v) is 3.01. The first kappa shape index (κ1) is 14.9. The molecule has 2 rings (SSSR count). The fraction of sp³-hybridized carbons (Fsp3) is 0. The van der Waals surface area contributed by atoms with Gasteiger partial charge >= 0.3 is 0 Å². The molecule has 1 heterocycles. The van der Waals surface area contributed by atoms with Crippen molar-refractivity contribution in [2.24, 2.45) is 10.9 Å². The molecule has 0 bridgehead atoms. The Labute approximate surface area is 127 Å². The third-order valence-electron chi connectivity index (χ3n) is 2.57. The Kier molecular flexibility index (Phi) is 4.49. The van der Waals surface area contributed by atoms with Crippen LogP contribution in [0.1, 0.15) is 15.9 Å². The van der Waals surface area contributed by atoms with Gasteiger partial charge in [-0.25, -0.2) is 4.39 Å². The second kappa shape index (κ2) is 6.31. The predicted octanol–water partition coefficient (Wildman–Crippen LogP) is 2.33. The van der Waals surface area contributed by atoms with Crippen molar-refractivity contribution in [3.63, 3.8) is 0 Å². The quantitative estimate of drug-likeness (QED) is 0.341. The highest BCUT2D eigenvalue weighted by atomic mass is 79.9. The van der Waals surface area contributed by atoms with Gasteiger partial charge in [-0.2, -0.15) is 0 Å². The van der Waals surface area contributed by atoms with Crippen molar-refractivity contribution >= 4 is 33.4 Å². The molecule has 21 heavy (non-hydrogen) atoms. The molecular formula is C13H10BrFN4O2. The summed E-state index contributed by atoms with van der Waals surface area (Å²) in [5.41, 5.74) is 5.89. The van der Waals surface area contributed by atoms with Crippen LogP contribution < -0.4 is 11.1 Å². The van der Waals surface area contributed by atoms with E-state index in [0.29, 0.717) is 15.7 Å². The summed E-state index contributed by atoms with van der Waals surface area (Å²) in [6.07, 6.45) is 2.94. The van der Waals surface area contributed by atoms with Gasteiger partial charge in [0.05, 0.1) is 11.1 Å². The molecule has 0 saturated carbocycles. The van der Waals surface area contributed by atoms with Gasteiger partial charge in [-0.1, -0.05) is 5.16 Å². The maximum absolute atomic E-state index is 13.5. The number of nitrogens with one attached hydrogen (secondary N) is 1. The van der Waals surface area contributed by atoms with Gasteiger partial charge in [0.2, 0.25) is 0 Å². The van der Waals surface area contributed by atoms with E-state index in [-0.39, 0.29) is 11.4 Å². The Morgan fingerprint density at radius 3 is 2.81 bits per heavy atom. The van der Waals surface area contributed by atoms with Crippen LogP contribution in [0.5, 0.6) is 0 Å². The van der Waals surface area contributed by atoms with Gasteiger partial charge in [0.15, 0.2) is 5.84 Å². The number of nitrogens with zero attached hydrogens (tertiary/aromatic N) is 2. The SMILES string of the molecule is NC(=NO)c1cc(NC(=O)c2cncc(Br)c2)ccc1F. The van der Waals surface area contributed by atoms with Crippen molar-refractivity contribution in [1.82, 2.24) is 4.98 Å². The van der Waals surface area contributed by atoms with Crippen LogP contribution in [0.3, 0.4) is 0 Å². The molecule has 8 heteroatoms. The maximum atomic E-state index is 13.5. The molecule has 0 aliphatic rings. The van der Waals surface area contributed by atoms with Crippen LogP contribution in [0.2, 0.25) is 0 Å². The number of amides is 1. The fourth-order valence-electron chi connectivity index (χ4n) is 1.59. The van der Waals surface area contributed by atoms with Crippen LogP contribution >= 0.6 is 15.9 Å². The van der Waals surface area contributed by atoms with Gasteiger partial charge in [-0.3, -0.25) is 9.78 Å². The highest BCUT2D eigenvalue weighted by Crippen LogP contribution is 2.16. The molecule has 0 radical (unpaired) electrons. The molecule has 0 unspecified atom stereocenters. The van der Waals surface area contributed by atoms with Crippen LogP contribution in [0.4, 0.5) is 10.1 Å². The number of amidine groups is 1. The lowest BCUT2D eigenvalue weighted by Crippen LogP contribution is -2.17. The number of anilines is 1. The standard InChI is InChI=1S/C13H10BrFN4O2/c14-8-3-7(5-17-6-8)13(20)18-9-1-2-11(15)10(4-9)12(16)19-21/h1-6,21H,(H2,16,19)(H,18,20). The largest absolute Gasteiger partial charge is 0.409 e. The Morgan fingerprint density at radius 1 is 1.38 bits per heavy atom. The number of pyridine rings is 1. The summed E-state index contributed by atoms with van der Waals surface area (Å²) >= 11 is 3.21. The monoisotopic (exact) mass is 352 g/mol. The van der Waals surface area contributed by atoms with E-state index >= 15 is 0 Å². The van der Waals surface area contributed by atoms with E-state index in [1.807, 2.05) is 0 Å². The molecule has 2 aromatic rings. The van der Waals surface area contributed by atoms with Crippen molar-refractivity contribution < 1.29 is 14.4 Å². The van der Waals surface area contributed by atoms with Crippen LogP contribution in [-0.2, 0) is 0 Å². The molecule has 0 aliphatic heterocycles. The van der Waals surface area contributed by atoms with Gasteiger partial charge in [0, 0.05) is 22.6 Å². The van der Waals surface area contributed by atoms with Gasteiger partial charge in [0.25, 0.3) is 5.91 Å². The predicted molar refractivity (Wildman–Crippen MR) is 78.8 cm³/mol. The Morgan fingerprint density at radius 2 is 2.14 bits per heavy atom. The number of aromatic nitrogens is 1. The molecule has 1 amide bonds. The number of hydrogen-bond donors (Lipinski definition) is 3. The summed E-state index contributed by atoms with van der Waals surface area (Å²) in [7, 11) is 0. The van der Waals surface area contributed by atoms with Gasteiger partial charge in [-0.05, 0) is 40.2 Å². The van der Waals surface area contributed by atoms with Crippen molar-refractivity contribution in [3.8, 4) is 0 Å². The molecule has 0 atom stereocenters. The number of oxime groups is 1. The molecule has 0 aliphatic carbocycles. The normalized spacial score (nSPS) is 11.2. The summed E-state index contributed by atoms with van der Waals surface area (Å²) in [5, 5.41) is 13.9. The number of rotatable bonds is 3. The zero-order valence-electron chi connectivity index (χ0n) is 10.5. The summed E-state index contributed by atoms with van der Waals surface area (Å²) < 4.78 is 14.2. The summed E-state index contributed by atoms with van der Waals surface area (Å²) in [6.45, 7) is 0. The molecule has 1 aromatic carbocycles. The summed E-state index contributed by atoms with van der Waals surface area (Å²) in [6, 6.07) is 5.35. The minimum absolute atomic E-state index is 0.109. The van der Waals surface area contributed by atoms with Crippen molar-refractivity contribution in [1.29, 1.82) is 0 Å². The molecule has 4 N–H and O–H groups in total. The van der Waals surface area contributed by atoms with E-state index in [2.05, 4.69) is 31.4 Å². The van der Waals surface area contributed by atoms with Gasteiger partial charge in [-0.15, -0.1) is 0 Å². The minimum Gasteiger partial charge on any atom is -0.409 e.